The third kappa shape index (κ3) is 2.01. The fourth-order valence-corrected chi connectivity index (χ4v) is 2.34. The van der Waals surface area contributed by atoms with Gasteiger partial charge in [-0.2, -0.15) is 9.61 Å². The number of hydrogen-bond acceptors (Lipinski definition) is 3. The van der Waals surface area contributed by atoms with E-state index < -0.39 is 5.92 Å². The van der Waals surface area contributed by atoms with Gasteiger partial charge >= 0.3 is 0 Å². The van der Waals surface area contributed by atoms with Crippen LogP contribution in [0.15, 0.2) is 18.3 Å². The summed E-state index contributed by atoms with van der Waals surface area (Å²) in [5, 5.41) is 4.48. The highest BCUT2D eigenvalue weighted by Gasteiger charge is 2.34. The van der Waals surface area contributed by atoms with Crippen LogP contribution < -0.4 is 4.90 Å². The molecule has 4 nitrogen and oxygen atoms in total. The highest BCUT2D eigenvalue weighted by atomic mass is 35.5. The third-order valence-corrected chi connectivity index (χ3v) is 3.32. The average molecular weight is 273 g/mol. The Morgan fingerprint density at radius 3 is 2.72 bits per heavy atom. The topological polar surface area (TPSA) is 33.4 Å². The minimum Gasteiger partial charge on any atom is -0.356 e. The zero-order valence-electron chi connectivity index (χ0n) is 9.48. The van der Waals surface area contributed by atoms with Crippen molar-refractivity contribution < 1.29 is 8.78 Å². The van der Waals surface area contributed by atoms with Crippen LogP contribution in [0.25, 0.3) is 5.65 Å². The van der Waals surface area contributed by atoms with Crippen molar-refractivity contribution in [2.45, 2.75) is 18.8 Å². The van der Waals surface area contributed by atoms with Gasteiger partial charge in [0, 0.05) is 38.1 Å². The third-order valence-electron chi connectivity index (χ3n) is 3.13. The van der Waals surface area contributed by atoms with Gasteiger partial charge < -0.3 is 4.90 Å². The summed E-state index contributed by atoms with van der Waals surface area (Å²) in [4.78, 5) is 5.98. The molecule has 1 fully saturated rings. The molecule has 1 aliphatic heterocycles. The van der Waals surface area contributed by atoms with Crippen molar-refractivity contribution in [1.82, 2.24) is 14.6 Å². The molecule has 0 saturated carbocycles. The van der Waals surface area contributed by atoms with E-state index in [0.29, 0.717) is 29.7 Å². The van der Waals surface area contributed by atoms with Gasteiger partial charge in [-0.1, -0.05) is 11.6 Å². The molecule has 96 valence electrons. The number of anilines is 1. The molecule has 3 rings (SSSR count). The van der Waals surface area contributed by atoms with E-state index in [2.05, 4.69) is 10.1 Å². The summed E-state index contributed by atoms with van der Waals surface area (Å²) in [7, 11) is 0. The Morgan fingerprint density at radius 2 is 2.00 bits per heavy atom. The van der Waals surface area contributed by atoms with Gasteiger partial charge in [0.25, 0.3) is 5.92 Å². The number of alkyl halides is 2. The van der Waals surface area contributed by atoms with Crippen molar-refractivity contribution in [2.24, 2.45) is 0 Å². The molecule has 0 aromatic carbocycles. The van der Waals surface area contributed by atoms with E-state index in [0.717, 1.165) is 0 Å². The second-order valence-electron chi connectivity index (χ2n) is 4.38. The summed E-state index contributed by atoms with van der Waals surface area (Å²) < 4.78 is 27.9. The first kappa shape index (κ1) is 11.6. The van der Waals surface area contributed by atoms with Crippen LogP contribution in [-0.2, 0) is 0 Å². The molecule has 18 heavy (non-hydrogen) atoms. The second kappa shape index (κ2) is 4.05. The molecule has 2 aromatic rings. The van der Waals surface area contributed by atoms with Crippen molar-refractivity contribution in [3.05, 3.63) is 23.5 Å². The summed E-state index contributed by atoms with van der Waals surface area (Å²) in [6, 6.07) is 3.39. The molecule has 3 heterocycles. The summed E-state index contributed by atoms with van der Waals surface area (Å²) in [5.74, 6) is -1.85. The minimum absolute atomic E-state index is 0.143. The Balaban J connectivity index is 1.97. The van der Waals surface area contributed by atoms with Crippen LogP contribution in [0.1, 0.15) is 12.8 Å². The Hall–Kier alpha value is -1.43. The summed E-state index contributed by atoms with van der Waals surface area (Å²) in [5.41, 5.74) is 0.620. The lowest BCUT2D eigenvalue weighted by Gasteiger charge is -2.33. The van der Waals surface area contributed by atoms with Gasteiger partial charge in [0.2, 0.25) is 0 Å². The van der Waals surface area contributed by atoms with Crippen LogP contribution in [-0.4, -0.2) is 33.6 Å². The molecule has 0 atom stereocenters. The average Bonchev–Trinajstić information content (AvgIpc) is 2.76. The first-order valence-electron chi connectivity index (χ1n) is 5.68. The van der Waals surface area contributed by atoms with Crippen LogP contribution in [0.2, 0.25) is 5.15 Å². The molecule has 0 amide bonds. The maximum atomic E-state index is 13.1. The number of hydrogen-bond donors (Lipinski definition) is 0. The molecule has 1 aliphatic rings. The molecule has 1 saturated heterocycles. The van der Waals surface area contributed by atoms with Gasteiger partial charge in [-0.3, -0.25) is 0 Å². The Kier molecular flexibility index (Phi) is 2.62. The van der Waals surface area contributed by atoms with Gasteiger partial charge in [-0.05, 0) is 0 Å². The largest absolute Gasteiger partial charge is 0.356 e. The van der Waals surface area contributed by atoms with Crippen molar-refractivity contribution in [1.29, 1.82) is 0 Å². The lowest BCUT2D eigenvalue weighted by atomic mass is 10.1. The predicted octanol–water partition coefficient (Wildman–Crippen LogP) is 2.62. The fraction of sp³-hybridized carbons (Fsp3) is 0.455. The maximum absolute atomic E-state index is 13.1. The quantitative estimate of drug-likeness (QED) is 0.748. The Labute approximate surface area is 107 Å². The monoisotopic (exact) mass is 272 g/mol. The number of halogens is 3. The Morgan fingerprint density at radius 1 is 1.28 bits per heavy atom. The standard InChI is InChI=1S/C11H11ClF2N4/c12-8-7-10(18-9(16-8)1-4-15-18)17-5-2-11(13,14)3-6-17/h1,4,7H,2-3,5-6H2. The number of aromatic nitrogens is 3. The zero-order valence-corrected chi connectivity index (χ0v) is 10.2. The zero-order chi connectivity index (χ0) is 12.8. The molecule has 0 N–H and O–H groups in total. The molecule has 0 spiro atoms. The van der Waals surface area contributed by atoms with E-state index in [1.54, 1.807) is 22.8 Å². The summed E-state index contributed by atoms with van der Waals surface area (Å²) in [6.45, 7) is 0.588. The first-order chi connectivity index (χ1) is 8.55. The normalized spacial score (nSPS) is 19.4. The van der Waals surface area contributed by atoms with E-state index in [1.807, 2.05) is 4.90 Å². The van der Waals surface area contributed by atoms with E-state index in [9.17, 15) is 8.78 Å². The fourth-order valence-electron chi connectivity index (χ4n) is 2.16. The number of rotatable bonds is 1. The van der Waals surface area contributed by atoms with Crippen LogP contribution in [0.4, 0.5) is 14.6 Å². The number of fused-ring (bicyclic) bond motifs is 1. The van der Waals surface area contributed by atoms with Gasteiger partial charge in [-0.15, -0.1) is 0 Å². The van der Waals surface area contributed by atoms with Crippen molar-refractivity contribution in [3.8, 4) is 0 Å². The van der Waals surface area contributed by atoms with Crippen LogP contribution >= 0.6 is 11.6 Å². The van der Waals surface area contributed by atoms with Crippen molar-refractivity contribution >= 4 is 23.1 Å². The number of nitrogens with zero attached hydrogens (tertiary/aromatic N) is 4. The SMILES string of the molecule is FC1(F)CCN(c2cc(Cl)nc3ccnn23)CC1. The second-order valence-corrected chi connectivity index (χ2v) is 4.77. The first-order valence-corrected chi connectivity index (χ1v) is 6.06. The summed E-state index contributed by atoms with van der Waals surface area (Å²) >= 11 is 5.93. The van der Waals surface area contributed by atoms with Gasteiger partial charge in [0.05, 0.1) is 6.20 Å². The van der Waals surface area contributed by atoms with Crippen LogP contribution in [0.3, 0.4) is 0 Å². The van der Waals surface area contributed by atoms with Crippen molar-refractivity contribution in [3.63, 3.8) is 0 Å². The van der Waals surface area contributed by atoms with E-state index in [1.165, 1.54) is 0 Å². The van der Waals surface area contributed by atoms with Crippen LogP contribution in [0.5, 0.6) is 0 Å². The lowest BCUT2D eigenvalue weighted by molar-refractivity contribution is -0.0222. The molecule has 0 radical (unpaired) electrons. The van der Waals surface area contributed by atoms with E-state index in [-0.39, 0.29) is 12.8 Å². The molecule has 0 aliphatic carbocycles. The van der Waals surface area contributed by atoms with Gasteiger partial charge in [0.15, 0.2) is 5.65 Å². The van der Waals surface area contributed by atoms with Gasteiger partial charge in [-0.25, -0.2) is 13.8 Å². The van der Waals surface area contributed by atoms with Crippen molar-refractivity contribution in [2.75, 3.05) is 18.0 Å². The van der Waals surface area contributed by atoms with E-state index >= 15 is 0 Å². The molecule has 2 aromatic heterocycles. The number of piperidine rings is 1. The smallest absolute Gasteiger partial charge is 0.251 e. The minimum atomic E-state index is -2.56. The highest BCUT2D eigenvalue weighted by molar-refractivity contribution is 6.29. The lowest BCUT2D eigenvalue weighted by Crippen LogP contribution is -2.40. The molecular weight excluding hydrogens is 262 g/mol. The van der Waals surface area contributed by atoms with E-state index in [4.69, 9.17) is 11.6 Å². The highest BCUT2D eigenvalue weighted by Crippen LogP contribution is 2.31. The summed E-state index contributed by atoms with van der Waals surface area (Å²) in [6.07, 6.45) is 1.33. The van der Waals surface area contributed by atoms with Gasteiger partial charge in [0.1, 0.15) is 11.0 Å². The molecule has 7 heteroatoms. The molecule has 0 bridgehead atoms. The Bertz CT molecular complexity index is 573. The predicted molar refractivity (Wildman–Crippen MR) is 64.4 cm³/mol. The molecular formula is C11H11ClF2N4. The maximum Gasteiger partial charge on any atom is 0.251 e. The molecule has 0 unspecified atom stereocenters. The van der Waals surface area contributed by atoms with Crippen LogP contribution in [0, 0.1) is 0 Å².